The third kappa shape index (κ3) is 3.71. The second-order valence-electron chi connectivity index (χ2n) is 6.72. The predicted octanol–water partition coefficient (Wildman–Crippen LogP) is 5.30. The SMILES string of the molecule is COc1ccc(-c2csc(N3N=C(C)[C@H](N=Nc4nc5ccccc5s4)C3=O)n2)cc1. The van der Waals surface area contributed by atoms with E-state index in [0.29, 0.717) is 16.0 Å². The average Bonchev–Trinajstić information content (AvgIpc) is 3.50. The smallest absolute Gasteiger partial charge is 0.282 e. The minimum atomic E-state index is -0.777. The highest BCUT2D eigenvalue weighted by atomic mass is 32.1. The molecule has 0 saturated carbocycles. The maximum atomic E-state index is 12.9. The number of carbonyl (C=O) groups excluding carboxylic acids is 1. The second kappa shape index (κ2) is 7.97. The number of methoxy groups -OCH3 is 1. The van der Waals surface area contributed by atoms with Crippen LogP contribution in [0.3, 0.4) is 0 Å². The minimum Gasteiger partial charge on any atom is -0.497 e. The first-order chi connectivity index (χ1) is 15.1. The van der Waals surface area contributed by atoms with Gasteiger partial charge in [0.1, 0.15) is 5.75 Å². The van der Waals surface area contributed by atoms with E-state index in [1.807, 2.05) is 53.9 Å². The zero-order chi connectivity index (χ0) is 21.4. The van der Waals surface area contributed by atoms with Crippen molar-refractivity contribution in [2.45, 2.75) is 13.0 Å². The molecule has 1 atom stereocenters. The molecule has 4 aromatic rings. The fourth-order valence-corrected chi connectivity index (χ4v) is 4.67. The summed E-state index contributed by atoms with van der Waals surface area (Å²) in [5, 5.41) is 17.0. The van der Waals surface area contributed by atoms with Crippen molar-refractivity contribution >= 4 is 54.8 Å². The van der Waals surface area contributed by atoms with Crippen LogP contribution in [0.2, 0.25) is 0 Å². The Balaban J connectivity index is 1.35. The van der Waals surface area contributed by atoms with Gasteiger partial charge < -0.3 is 4.74 Å². The van der Waals surface area contributed by atoms with Crippen LogP contribution in [-0.2, 0) is 4.79 Å². The van der Waals surface area contributed by atoms with E-state index in [2.05, 4.69) is 25.3 Å². The Labute approximate surface area is 185 Å². The molecule has 0 bridgehead atoms. The zero-order valence-electron chi connectivity index (χ0n) is 16.6. The third-order valence-electron chi connectivity index (χ3n) is 4.70. The lowest BCUT2D eigenvalue weighted by atomic mass is 10.2. The number of azo groups is 1. The molecule has 31 heavy (non-hydrogen) atoms. The number of carbonyl (C=O) groups is 1. The Morgan fingerprint density at radius 3 is 2.68 bits per heavy atom. The third-order valence-corrected chi connectivity index (χ3v) is 6.43. The van der Waals surface area contributed by atoms with Gasteiger partial charge in [-0.3, -0.25) is 4.79 Å². The van der Waals surface area contributed by atoms with Crippen molar-refractivity contribution < 1.29 is 9.53 Å². The Hall–Kier alpha value is -3.50. The van der Waals surface area contributed by atoms with E-state index in [9.17, 15) is 4.79 Å². The van der Waals surface area contributed by atoms with Gasteiger partial charge in [0.05, 0.1) is 28.7 Å². The Kier molecular flexibility index (Phi) is 5.00. The summed E-state index contributed by atoms with van der Waals surface area (Å²) in [6.45, 7) is 1.76. The molecule has 0 fully saturated rings. The average molecular weight is 449 g/mol. The van der Waals surface area contributed by atoms with E-state index in [1.54, 1.807) is 14.0 Å². The number of benzene rings is 2. The molecule has 0 spiro atoms. The van der Waals surface area contributed by atoms with Crippen molar-refractivity contribution in [1.29, 1.82) is 0 Å². The molecule has 2 aromatic heterocycles. The molecular weight excluding hydrogens is 432 g/mol. The van der Waals surface area contributed by atoms with Crippen LogP contribution in [0.25, 0.3) is 21.5 Å². The molecule has 0 unspecified atom stereocenters. The molecule has 10 heteroatoms. The summed E-state index contributed by atoms with van der Waals surface area (Å²) in [6, 6.07) is 14.6. The van der Waals surface area contributed by atoms with Crippen LogP contribution in [0.4, 0.5) is 10.3 Å². The monoisotopic (exact) mass is 448 g/mol. The van der Waals surface area contributed by atoms with Crippen LogP contribution in [-0.4, -0.2) is 34.7 Å². The molecule has 8 nitrogen and oxygen atoms in total. The van der Waals surface area contributed by atoms with Crippen LogP contribution in [0, 0.1) is 0 Å². The molecule has 0 aliphatic carbocycles. The number of para-hydroxylation sites is 1. The molecule has 0 N–H and O–H groups in total. The number of nitrogens with zero attached hydrogens (tertiary/aromatic N) is 6. The Morgan fingerprint density at radius 2 is 1.90 bits per heavy atom. The number of thiazole rings is 2. The fraction of sp³-hybridized carbons (Fsp3) is 0.143. The predicted molar refractivity (Wildman–Crippen MR) is 123 cm³/mol. The summed E-state index contributed by atoms with van der Waals surface area (Å²) in [6.07, 6.45) is 0. The quantitative estimate of drug-likeness (QED) is 0.387. The highest BCUT2D eigenvalue weighted by Gasteiger charge is 2.36. The van der Waals surface area contributed by atoms with Crippen LogP contribution in [0.5, 0.6) is 5.75 Å². The van der Waals surface area contributed by atoms with Gasteiger partial charge in [0, 0.05) is 10.9 Å². The van der Waals surface area contributed by atoms with Crippen molar-refractivity contribution in [2.75, 3.05) is 12.1 Å². The lowest BCUT2D eigenvalue weighted by Crippen LogP contribution is -2.29. The summed E-state index contributed by atoms with van der Waals surface area (Å²) in [5.74, 6) is 0.494. The normalized spacial score (nSPS) is 16.5. The number of rotatable bonds is 5. The molecule has 3 heterocycles. The van der Waals surface area contributed by atoms with Gasteiger partial charge in [-0.15, -0.1) is 16.5 Å². The number of hydrogen-bond acceptors (Lipinski definition) is 9. The van der Waals surface area contributed by atoms with Gasteiger partial charge >= 0.3 is 0 Å². The molecule has 1 amide bonds. The van der Waals surface area contributed by atoms with Crippen LogP contribution >= 0.6 is 22.7 Å². The zero-order valence-corrected chi connectivity index (χ0v) is 18.2. The molecule has 2 aromatic carbocycles. The van der Waals surface area contributed by atoms with Gasteiger partial charge in [-0.1, -0.05) is 23.5 Å². The van der Waals surface area contributed by atoms with Crippen molar-refractivity contribution in [2.24, 2.45) is 15.3 Å². The van der Waals surface area contributed by atoms with Gasteiger partial charge in [-0.25, -0.2) is 9.97 Å². The number of hydrazone groups is 1. The van der Waals surface area contributed by atoms with Crippen molar-refractivity contribution in [3.63, 3.8) is 0 Å². The fourth-order valence-electron chi connectivity index (χ4n) is 3.09. The molecule has 1 aliphatic rings. The summed E-state index contributed by atoms with van der Waals surface area (Å²) in [4.78, 5) is 21.9. The summed E-state index contributed by atoms with van der Waals surface area (Å²) in [5.41, 5.74) is 3.13. The number of aromatic nitrogens is 2. The van der Waals surface area contributed by atoms with E-state index in [4.69, 9.17) is 4.74 Å². The van der Waals surface area contributed by atoms with Gasteiger partial charge in [-0.2, -0.15) is 15.2 Å². The number of fused-ring (bicyclic) bond motifs is 1. The molecule has 154 valence electrons. The number of ether oxygens (including phenoxy) is 1. The summed E-state index contributed by atoms with van der Waals surface area (Å²) in [7, 11) is 1.62. The first-order valence-corrected chi connectivity index (χ1v) is 11.1. The summed E-state index contributed by atoms with van der Waals surface area (Å²) < 4.78 is 6.21. The molecule has 0 saturated heterocycles. The van der Waals surface area contributed by atoms with Gasteiger partial charge in [0.25, 0.3) is 5.91 Å². The minimum absolute atomic E-state index is 0.280. The highest BCUT2D eigenvalue weighted by molar-refractivity contribution is 7.21. The maximum Gasteiger partial charge on any atom is 0.282 e. The van der Waals surface area contributed by atoms with E-state index < -0.39 is 6.04 Å². The van der Waals surface area contributed by atoms with E-state index >= 15 is 0 Å². The first kappa shape index (κ1) is 19.5. The van der Waals surface area contributed by atoms with Gasteiger partial charge in [0.15, 0.2) is 6.04 Å². The lowest BCUT2D eigenvalue weighted by molar-refractivity contribution is -0.117. The van der Waals surface area contributed by atoms with E-state index in [1.165, 1.54) is 27.7 Å². The first-order valence-electron chi connectivity index (χ1n) is 9.38. The molecule has 0 radical (unpaired) electrons. The number of amides is 1. The maximum absolute atomic E-state index is 12.9. The van der Waals surface area contributed by atoms with Crippen LogP contribution in [0.15, 0.2) is 69.2 Å². The van der Waals surface area contributed by atoms with Crippen LogP contribution in [0.1, 0.15) is 6.92 Å². The van der Waals surface area contributed by atoms with E-state index in [-0.39, 0.29) is 5.91 Å². The molecule has 1 aliphatic heterocycles. The van der Waals surface area contributed by atoms with E-state index in [0.717, 1.165) is 27.2 Å². The molecular formula is C21H16N6O2S2. The number of hydrogen-bond donors (Lipinski definition) is 0. The van der Waals surface area contributed by atoms with Crippen molar-refractivity contribution in [3.05, 3.63) is 53.9 Å². The Bertz CT molecular complexity index is 1290. The highest BCUT2D eigenvalue weighted by Crippen LogP contribution is 2.32. The molecule has 5 rings (SSSR count). The standard InChI is InChI=1S/C21H16N6O2S2/c1-12-18(24-25-20-22-15-5-3-4-6-17(15)31-20)19(28)27(26-12)21-23-16(11-30-21)13-7-9-14(29-2)10-8-13/h3-11,18H,1-2H3/t18-/m0/s1. The van der Waals surface area contributed by atoms with Gasteiger partial charge in [0.2, 0.25) is 10.3 Å². The second-order valence-corrected chi connectivity index (χ2v) is 8.56. The van der Waals surface area contributed by atoms with Gasteiger partial charge in [-0.05, 0) is 43.3 Å². The topological polar surface area (TPSA) is 92.4 Å². The van der Waals surface area contributed by atoms with Crippen molar-refractivity contribution in [3.8, 4) is 17.0 Å². The summed E-state index contributed by atoms with van der Waals surface area (Å²) >= 11 is 2.78. The largest absolute Gasteiger partial charge is 0.497 e. The Morgan fingerprint density at radius 1 is 1.10 bits per heavy atom. The number of anilines is 1. The van der Waals surface area contributed by atoms with Crippen molar-refractivity contribution in [1.82, 2.24) is 9.97 Å². The lowest BCUT2D eigenvalue weighted by Gasteiger charge is -2.07. The van der Waals surface area contributed by atoms with Crippen LogP contribution < -0.4 is 9.75 Å².